The molecule has 0 aliphatic carbocycles. The smallest absolute Gasteiger partial charge is 0.245 e. The minimum absolute atomic E-state index is 0.118. The zero-order valence-corrected chi connectivity index (χ0v) is 12.3. The fourth-order valence-electron chi connectivity index (χ4n) is 1.11. The zero-order chi connectivity index (χ0) is 12.6. The van der Waals surface area contributed by atoms with E-state index in [4.69, 9.17) is 4.52 Å². The molecule has 17 heavy (non-hydrogen) atoms. The number of hydrogen-bond acceptors (Lipinski definition) is 6. The SMILES string of the molecule is C[C@@H](c1nc(-c2cc(Br)cs2)no1)S(C)(=O)=O. The highest BCUT2D eigenvalue weighted by Crippen LogP contribution is 2.29. The second kappa shape index (κ2) is 4.51. The quantitative estimate of drug-likeness (QED) is 0.861. The lowest BCUT2D eigenvalue weighted by Gasteiger charge is -2.01. The molecule has 2 aromatic rings. The average Bonchev–Trinajstić information content (AvgIpc) is 2.83. The van der Waals surface area contributed by atoms with E-state index in [2.05, 4.69) is 26.1 Å². The molecule has 0 amide bonds. The Bertz CT molecular complexity index is 632. The summed E-state index contributed by atoms with van der Waals surface area (Å²) in [7, 11) is -3.22. The van der Waals surface area contributed by atoms with Gasteiger partial charge in [-0.25, -0.2) is 8.42 Å². The van der Waals surface area contributed by atoms with Crippen LogP contribution in [0.2, 0.25) is 0 Å². The summed E-state index contributed by atoms with van der Waals surface area (Å²) < 4.78 is 28.6. The Labute approximate surface area is 111 Å². The van der Waals surface area contributed by atoms with Crippen LogP contribution in [0, 0.1) is 0 Å². The van der Waals surface area contributed by atoms with Gasteiger partial charge in [0.2, 0.25) is 11.7 Å². The first kappa shape index (κ1) is 12.7. The molecule has 0 aliphatic heterocycles. The molecule has 0 N–H and O–H groups in total. The van der Waals surface area contributed by atoms with E-state index < -0.39 is 15.1 Å². The third kappa shape index (κ3) is 2.75. The van der Waals surface area contributed by atoms with Crippen molar-refractivity contribution in [1.29, 1.82) is 0 Å². The molecule has 0 saturated carbocycles. The first-order chi connectivity index (χ1) is 7.88. The maximum Gasteiger partial charge on any atom is 0.245 e. The maximum absolute atomic E-state index is 11.3. The zero-order valence-electron chi connectivity index (χ0n) is 9.05. The van der Waals surface area contributed by atoms with Gasteiger partial charge < -0.3 is 4.52 Å². The van der Waals surface area contributed by atoms with E-state index in [1.807, 2.05) is 11.4 Å². The third-order valence-electron chi connectivity index (χ3n) is 2.22. The van der Waals surface area contributed by atoms with E-state index in [1.54, 1.807) is 0 Å². The summed E-state index contributed by atoms with van der Waals surface area (Å²) in [4.78, 5) is 4.92. The van der Waals surface area contributed by atoms with E-state index in [9.17, 15) is 8.42 Å². The first-order valence-electron chi connectivity index (χ1n) is 4.65. The van der Waals surface area contributed by atoms with Crippen LogP contribution in [0.15, 0.2) is 20.4 Å². The lowest BCUT2D eigenvalue weighted by atomic mass is 10.4. The van der Waals surface area contributed by atoms with E-state index >= 15 is 0 Å². The van der Waals surface area contributed by atoms with Crippen LogP contribution < -0.4 is 0 Å². The third-order valence-corrected chi connectivity index (χ3v) is 5.39. The van der Waals surface area contributed by atoms with Crippen LogP contribution in [-0.2, 0) is 9.84 Å². The molecule has 0 spiro atoms. The van der Waals surface area contributed by atoms with Gasteiger partial charge in [-0.05, 0) is 28.9 Å². The van der Waals surface area contributed by atoms with Gasteiger partial charge in [0.15, 0.2) is 9.84 Å². The largest absolute Gasteiger partial charge is 0.338 e. The predicted octanol–water partition coefficient (Wildman–Crippen LogP) is 2.67. The van der Waals surface area contributed by atoms with Gasteiger partial charge in [0.25, 0.3) is 0 Å². The Morgan fingerprint density at radius 2 is 2.24 bits per heavy atom. The standard InChI is InChI=1S/C9H9BrN2O3S2/c1-5(17(2,13)14)9-11-8(12-15-9)7-3-6(10)4-16-7/h3-5H,1-2H3/t5-/m0/s1. The van der Waals surface area contributed by atoms with Crippen molar-refractivity contribution in [3.05, 3.63) is 21.8 Å². The van der Waals surface area contributed by atoms with E-state index in [0.29, 0.717) is 5.82 Å². The predicted molar refractivity (Wildman–Crippen MR) is 68.6 cm³/mol. The highest BCUT2D eigenvalue weighted by Gasteiger charge is 2.24. The monoisotopic (exact) mass is 336 g/mol. The summed E-state index contributed by atoms with van der Waals surface area (Å²) in [5.74, 6) is 0.526. The maximum atomic E-state index is 11.3. The number of halogens is 1. The van der Waals surface area contributed by atoms with Gasteiger partial charge in [0.05, 0.1) is 4.88 Å². The number of rotatable bonds is 3. The number of aromatic nitrogens is 2. The highest BCUT2D eigenvalue weighted by molar-refractivity contribution is 9.10. The fraction of sp³-hybridized carbons (Fsp3) is 0.333. The number of sulfone groups is 1. The summed E-state index contributed by atoms with van der Waals surface area (Å²) in [6.07, 6.45) is 1.14. The van der Waals surface area contributed by atoms with Crippen LogP contribution >= 0.6 is 27.3 Å². The molecule has 2 aromatic heterocycles. The second-order valence-corrected chi connectivity index (χ2v) is 7.75. The van der Waals surface area contributed by atoms with Gasteiger partial charge in [-0.1, -0.05) is 5.16 Å². The molecular weight excluding hydrogens is 328 g/mol. The van der Waals surface area contributed by atoms with Crippen LogP contribution in [0.3, 0.4) is 0 Å². The van der Waals surface area contributed by atoms with E-state index in [-0.39, 0.29) is 5.89 Å². The summed E-state index contributed by atoms with van der Waals surface area (Å²) in [6, 6.07) is 1.85. The Balaban J connectivity index is 2.34. The molecule has 2 rings (SSSR count). The van der Waals surface area contributed by atoms with Crippen molar-refractivity contribution < 1.29 is 12.9 Å². The lowest BCUT2D eigenvalue weighted by Crippen LogP contribution is -2.07. The van der Waals surface area contributed by atoms with Crippen LogP contribution in [0.1, 0.15) is 18.1 Å². The number of nitrogens with zero attached hydrogens (tertiary/aromatic N) is 2. The molecule has 0 fully saturated rings. The lowest BCUT2D eigenvalue weighted by molar-refractivity contribution is 0.377. The van der Waals surface area contributed by atoms with Gasteiger partial charge in [-0.3, -0.25) is 0 Å². The van der Waals surface area contributed by atoms with Crippen molar-refractivity contribution in [3.63, 3.8) is 0 Å². The summed E-state index contributed by atoms with van der Waals surface area (Å²) in [6.45, 7) is 1.52. The number of thiophene rings is 1. The summed E-state index contributed by atoms with van der Waals surface area (Å²) in [5.41, 5.74) is 0. The molecule has 0 saturated heterocycles. The van der Waals surface area contributed by atoms with Gasteiger partial charge in [0.1, 0.15) is 5.25 Å². The van der Waals surface area contributed by atoms with Gasteiger partial charge >= 0.3 is 0 Å². The minimum atomic E-state index is -3.22. The van der Waals surface area contributed by atoms with Crippen LogP contribution in [0.5, 0.6) is 0 Å². The van der Waals surface area contributed by atoms with Crippen molar-refractivity contribution >= 4 is 37.1 Å². The van der Waals surface area contributed by atoms with E-state index in [0.717, 1.165) is 15.6 Å². The Hall–Kier alpha value is -0.730. The van der Waals surface area contributed by atoms with Crippen molar-refractivity contribution in [2.45, 2.75) is 12.2 Å². The number of hydrogen-bond donors (Lipinski definition) is 0. The van der Waals surface area contributed by atoms with Crippen LogP contribution in [0.4, 0.5) is 0 Å². The molecule has 0 unspecified atom stereocenters. The Morgan fingerprint density at radius 3 is 2.76 bits per heavy atom. The fourth-order valence-corrected chi connectivity index (χ4v) is 2.93. The molecule has 92 valence electrons. The molecular formula is C9H9BrN2O3S2. The topological polar surface area (TPSA) is 73.1 Å². The normalized spacial score (nSPS) is 13.8. The first-order valence-corrected chi connectivity index (χ1v) is 8.27. The molecule has 0 radical (unpaired) electrons. The van der Waals surface area contributed by atoms with Gasteiger partial charge in [0, 0.05) is 16.1 Å². The Morgan fingerprint density at radius 1 is 1.53 bits per heavy atom. The molecule has 1 atom stereocenters. The second-order valence-electron chi connectivity index (χ2n) is 3.56. The van der Waals surface area contributed by atoms with E-state index in [1.165, 1.54) is 18.3 Å². The van der Waals surface area contributed by atoms with Crippen LogP contribution in [-0.4, -0.2) is 24.8 Å². The molecule has 0 aliphatic rings. The molecule has 5 nitrogen and oxygen atoms in total. The van der Waals surface area contributed by atoms with Gasteiger partial charge in [-0.2, -0.15) is 4.98 Å². The summed E-state index contributed by atoms with van der Waals surface area (Å²) in [5, 5.41) is 4.88. The minimum Gasteiger partial charge on any atom is -0.338 e. The Kier molecular flexibility index (Phi) is 3.37. The molecule has 2 heterocycles. The summed E-state index contributed by atoms with van der Waals surface area (Å²) >= 11 is 4.78. The highest BCUT2D eigenvalue weighted by atomic mass is 79.9. The van der Waals surface area contributed by atoms with Crippen molar-refractivity contribution in [2.75, 3.05) is 6.26 Å². The van der Waals surface area contributed by atoms with Crippen LogP contribution in [0.25, 0.3) is 10.7 Å². The molecule has 0 bridgehead atoms. The average molecular weight is 337 g/mol. The van der Waals surface area contributed by atoms with Gasteiger partial charge in [-0.15, -0.1) is 11.3 Å². The van der Waals surface area contributed by atoms with Crippen molar-refractivity contribution in [1.82, 2.24) is 10.1 Å². The van der Waals surface area contributed by atoms with Crippen molar-refractivity contribution in [2.24, 2.45) is 0 Å². The van der Waals surface area contributed by atoms with Crippen molar-refractivity contribution in [3.8, 4) is 10.7 Å². The molecule has 0 aromatic carbocycles. The molecule has 8 heteroatoms.